The standard InChI is InChI=1S/C12H21ClN4/c1-8(2)10(7-17(3)4)15-12-6-9(14)5-11(13)16-12/h5-6,8,10H,7H2,1-4H3,(H3,14,15,16). The number of aromatic nitrogens is 1. The molecule has 0 amide bonds. The smallest absolute Gasteiger partial charge is 0.133 e. The SMILES string of the molecule is CC(C)C(CN(C)C)Nc1cc(N)cc(Cl)n1. The van der Waals surface area contributed by atoms with Gasteiger partial charge in [0.25, 0.3) is 0 Å². The Morgan fingerprint density at radius 3 is 2.53 bits per heavy atom. The van der Waals surface area contributed by atoms with Crippen LogP contribution >= 0.6 is 11.6 Å². The first-order valence-electron chi connectivity index (χ1n) is 5.73. The quantitative estimate of drug-likeness (QED) is 0.794. The van der Waals surface area contributed by atoms with Crippen molar-refractivity contribution in [2.75, 3.05) is 31.7 Å². The molecule has 1 heterocycles. The lowest BCUT2D eigenvalue weighted by Crippen LogP contribution is -2.36. The van der Waals surface area contributed by atoms with E-state index >= 15 is 0 Å². The predicted molar refractivity (Wildman–Crippen MR) is 74.5 cm³/mol. The minimum Gasteiger partial charge on any atom is -0.399 e. The number of hydrogen-bond acceptors (Lipinski definition) is 4. The van der Waals surface area contributed by atoms with Crippen LogP contribution in [-0.4, -0.2) is 36.6 Å². The second-order valence-corrected chi connectivity index (χ2v) is 5.25. The molecule has 0 aromatic carbocycles. The Labute approximate surface area is 108 Å². The summed E-state index contributed by atoms with van der Waals surface area (Å²) in [4.78, 5) is 6.36. The molecule has 96 valence electrons. The number of halogens is 1. The van der Waals surface area contributed by atoms with Crippen molar-refractivity contribution in [1.29, 1.82) is 0 Å². The van der Waals surface area contributed by atoms with Gasteiger partial charge in [0.05, 0.1) is 0 Å². The number of rotatable bonds is 5. The topological polar surface area (TPSA) is 54.2 Å². The van der Waals surface area contributed by atoms with Gasteiger partial charge >= 0.3 is 0 Å². The monoisotopic (exact) mass is 256 g/mol. The van der Waals surface area contributed by atoms with Gasteiger partial charge in [-0.1, -0.05) is 25.4 Å². The molecular formula is C12H21ClN4. The lowest BCUT2D eigenvalue weighted by atomic mass is 10.0. The van der Waals surface area contributed by atoms with Crippen LogP contribution in [0.5, 0.6) is 0 Å². The van der Waals surface area contributed by atoms with Crippen LogP contribution in [0.3, 0.4) is 0 Å². The van der Waals surface area contributed by atoms with Gasteiger partial charge in [0.15, 0.2) is 0 Å². The van der Waals surface area contributed by atoms with Crippen molar-refractivity contribution in [3.05, 3.63) is 17.3 Å². The third kappa shape index (κ3) is 4.79. The third-order valence-corrected chi connectivity index (χ3v) is 2.71. The summed E-state index contributed by atoms with van der Waals surface area (Å²) >= 11 is 5.88. The summed E-state index contributed by atoms with van der Waals surface area (Å²) in [6.07, 6.45) is 0. The Morgan fingerprint density at radius 1 is 1.41 bits per heavy atom. The molecule has 0 aliphatic carbocycles. The molecule has 5 heteroatoms. The van der Waals surface area contributed by atoms with E-state index in [4.69, 9.17) is 17.3 Å². The van der Waals surface area contributed by atoms with Crippen LogP contribution in [0, 0.1) is 5.92 Å². The van der Waals surface area contributed by atoms with E-state index in [0.29, 0.717) is 22.8 Å². The molecule has 1 aromatic heterocycles. The molecule has 3 N–H and O–H groups in total. The molecule has 0 radical (unpaired) electrons. The number of hydrogen-bond donors (Lipinski definition) is 2. The number of nitrogens with one attached hydrogen (secondary N) is 1. The van der Waals surface area contributed by atoms with Crippen molar-refractivity contribution in [2.24, 2.45) is 5.92 Å². The van der Waals surface area contributed by atoms with Gasteiger partial charge in [-0.05, 0) is 26.1 Å². The number of anilines is 2. The first-order valence-corrected chi connectivity index (χ1v) is 6.10. The van der Waals surface area contributed by atoms with Crippen LogP contribution in [-0.2, 0) is 0 Å². The fourth-order valence-corrected chi connectivity index (χ4v) is 1.81. The van der Waals surface area contributed by atoms with E-state index in [1.54, 1.807) is 12.1 Å². The van der Waals surface area contributed by atoms with Crippen molar-refractivity contribution >= 4 is 23.1 Å². The first kappa shape index (κ1) is 14.1. The molecule has 1 aromatic rings. The summed E-state index contributed by atoms with van der Waals surface area (Å²) in [5.74, 6) is 1.23. The summed E-state index contributed by atoms with van der Waals surface area (Å²) < 4.78 is 0. The Morgan fingerprint density at radius 2 is 2.06 bits per heavy atom. The van der Waals surface area contributed by atoms with Crippen LogP contribution in [0.4, 0.5) is 11.5 Å². The average Bonchev–Trinajstić information content (AvgIpc) is 2.13. The molecule has 1 atom stereocenters. The van der Waals surface area contributed by atoms with Crippen molar-refractivity contribution in [3.63, 3.8) is 0 Å². The van der Waals surface area contributed by atoms with E-state index in [1.165, 1.54) is 0 Å². The molecule has 0 saturated heterocycles. The highest BCUT2D eigenvalue weighted by Crippen LogP contribution is 2.18. The zero-order valence-electron chi connectivity index (χ0n) is 10.9. The van der Waals surface area contributed by atoms with Gasteiger partial charge in [-0.2, -0.15) is 0 Å². The van der Waals surface area contributed by atoms with Crippen LogP contribution in [0.2, 0.25) is 5.15 Å². The lowest BCUT2D eigenvalue weighted by molar-refractivity contribution is 0.344. The van der Waals surface area contributed by atoms with E-state index < -0.39 is 0 Å². The maximum absolute atomic E-state index is 5.88. The van der Waals surface area contributed by atoms with Crippen LogP contribution < -0.4 is 11.1 Å². The molecule has 0 aliphatic heterocycles. The third-order valence-electron chi connectivity index (χ3n) is 2.52. The minimum absolute atomic E-state index is 0.315. The largest absolute Gasteiger partial charge is 0.399 e. The van der Waals surface area contributed by atoms with Crippen molar-refractivity contribution in [2.45, 2.75) is 19.9 Å². The van der Waals surface area contributed by atoms with Gasteiger partial charge in [0, 0.05) is 24.3 Å². The highest BCUT2D eigenvalue weighted by molar-refractivity contribution is 6.29. The lowest BCUT2D eigenvalue weighted by Gasteiger charge is -2.26. The Balaban J connectivity index is 2.78. The zero-order valence-corrected chi connectivity index (χ0v) is 11.6. The summed E-state index contributed by atoms with van der Waals surface area (Å²) in [6.45, 7) is 5.29. The number of nitrogen functional groups attached to an aromatic ring is 1. The number of likely N-dealkylation sites (N-methyl/N-ethyl adjacent to an activating group) is 1. The van der Waals surface area contributed by atoms with Gasteiger partial charge in [-0.25, -0.2) is 4.98 Å². The molecule has 0 bridgehead atoms. The van der Waals surface area contributed by atoms with Gasteiger partial charge in [0.1, 0.15) is 11.0 Å². The Bertz CT molecular complexity index is 345. The maximum atomic E-state index is 5.88. The van der Waals surface area contributed by atoms with Crippen LogP contribution in [0.1, 0.15) is 13.8 Å². The van der Waals surface area contributed by atoms with Crippen molar-refractivity contribution in [1.82, 2.24) is 9.88 Å². The molecule has 17 heavy (non-hydrogen) atoms. The fraction of sp³-hybridized carbons (Fsp3) is 0.583. The van der Waals surface area contributed by atoms with E-state index in [2.05, 4.69) is 43.1 Å². The van der Waals surface area contributed by atoms with Gasteiger partial charge in [-0.3, -0.25) is 0 Å². The molecule has 4 nitrogen and oxygen atoms in total. The van der Waals surface area contributed by atoms with Crippen LogP contribution in [0.15, 0.2) is 12.1 Å². The van der Waals surface area contributed by atoms with Crippen molar-refractivity contribution in [3.8, 4) is 0 Å². The van der Waals surface area contributed by atoms with Gasteiger partial charge in [-0.15, -0.1) is 0 Å². The second-order valence-electron chi connectivity index (χ2n) is 4.87. The average molecular weight is 257 g/mol. The zero-order chi connectivity index (χ0) is 13.0. The highest BCUT2D eigenvalue weighted by atomic mass is 35.5. The second kappa shape index (κ2) is 6.07. The fourth-order valence-electron chi connectivity index (χ4n) is 1.60. The number of pyridine rings is 1. The molecule has 0 spiro atoms. The number of nitrogens with zero attached hydrogens (tertiary/aromatic N) is 2. The first-order chi connectivity index (χ1) is 7.88. The Hall–Kier alpha value is -1.00. The molecule has 0 fully saturated rings. The molecule has 0 saturated carbocycles. The van der Waals surface area contributed by atoms with Gasteiger partial charge in [0.2, 0.25) is 0 Å². The number of nitrogens with two attached hydrogens (primary N) is 1. The minimum atomic E-state index is 0.315. The van der Waals surface area contributed by atoms with E-state index in [-0.39, 0.29) is 0 Å². The molecule has 1 rings (SSSR count). The van der Waals surface area contributed by atoms with E-state index in [1.807, 2.05) is 0 Å². The maximum Gasteiger partial charge on any atom is 0.133 e. The summed E-state index contributed by atoms with van der Waals surface area (Å²) in [6, 6.07) is 3.76. The van der Waals surface area contributed by atoms with Crippen molar-refractivity contribution < 1.29 is 0 Å². The van der Waals surface area contributed by atoms with E-state index in [0.717, 1.165) is 12.4 Å². The summed E-state index contributed by atoms with van der Waals surface area (Å²) in [5, 5.41) is 3.79. The van der Waals surface area contributed by atoms with E-state index in [9.17, 15) is 0 Å². The molecule has 1 unspecified atom stereocenters. The normalized spacial score (nSPS) is 13.1. The Kier molecular flexibility index (Phi) is 5.02. The van der Waals surface area contributed by atoms with Crippen LogP contribution in [0.25, 0.3) is 0 Å². The summed E-state index contributed by atoms with van der Waals surface area (Å²) in [5.41, 5.74) is 6.36. The summed E-state index contributed by atoms with van der Waals surface area (Å²) in [7, 11) is 4.10. The predicted octanol–water partition coefficient (Wildman–Crippen LogP) is 2.32. The highest BCUT2D eigenvalue weighted by Gasteiger charge is 2.15. The van der Waals surface area contributed by atoms with Gasteiger partial charge < -0.3 is 16.0 Å². The molecular weight excluding hydrogens is 236 g/mol. The molecule has 0 aliphatic rings.